The molecule has 100 valence electrons. The van der Waals surface area contributed by atoms with Crippen LogP contribution in [0.5, 0.6) is 0 Å². The van der Waals surface area contributed by atoms with Gasteiger partial charge in [0.05, 0.1) is 18.6 Å². The molecule has 0 aliphatic rings. The Hall–Kier alpha value is -1.35. The van der Waals surface area contributed by atoms with E-state index in [0.717, 1.165) is 5.56 Å². The second-order valence-electron chi connectivity index (χ2n) is 5.22. The Labute approximate surface area is 109 Å². The highest BCUT2D eigenvalue weighted by Crippen LogP contribution is 2.12. The van der Waals surface area contributed by atoms with Crippen molar-refractivity contribution in [2.24, 2.45) is 0 Å². The molecule has 0 saturated heterocycles. The minimum atomic E-state index is -0.517. The van der Waals surface area contributed by atoms with Gasteiger partial charge in [-0.15, -0.1) is 0 Å². The predicted octanol–water partition coefficient (Wildman–Crippen LogP) is 2.12. The van der Waals surface area contributed by atoms with Crippen molar-refractivity contribution in [3.63, 3.8) is 0 Å². The van der Waals surface area contributed by atoms with Gasteiger partial charge in [0.15, 0.2) is 0 Å². The first-order chi connectivity index (χ1) is 8.40. The summed E-state index contributed by atoms with van der Waals surface area (Å²) in [5, 5.41) is 12.2. The fourth-order valence-electron chi connectivity index (χ4n) is 1.72. The van der Waals surface area contributed by atoms with Crippen LogP contribution in [0, 0.1) is 13.8 Å². The first-order valence-electron chi connectivity index (χ1n) is 6.38. The summed E-state index contributed by atoms with van der Waals surface area (Å²) in [6, 6.07) is 6.05. The van der Waals surface area contributed by atoms with E-state index in [1.165, 1.54) is 11.1 Å². The van der Waals surface area contributed by atoms with E-state index >= 15 is 0 Å². The third kappa shape index (κ3) is 3.84. The Morgan fingerprint density at radius 3 is 2.50 bits per heavy atom. The van der Waals surface area contributed by atoms with Gasteiger partial charge in [-0.1, -0.05) is 25.1 Å². The first kappa shape index (κ1) is 14.7. The van der Waals surface area contributed by atoms with Gasteiger partial charge in [-0.25, -0.2) is 0 Å². The number of carbonyl (C=O) groups excluding carboxylic acids is 1. The number of aliphatic hydroxyl groups is 1. The summed E-state index contributed by atoms with van der Waals surface area (Å²) >= 11 is 0. The van der Waals surface area contributed by atoms with E-state index in [2.05, 4.69) is 12.2 Å². The summed E-state index contributed by atoms with van der Waals surface area (Å²) in [7, 11) is 0. The molecule has 0 radical (unpaired) electrons. The molecule has 1 aromatic carbocycles. The molecule has 1 atom stereocenters. The molecular weight excluding hydrogens is 226 g/mol. The summed E-state index contributed by atoms with van der Waals surface area (Å²) in [5.74, 6) is -0.0448. The van der Waals surface area contributed by atoms with Gasteiger partial charge in [-0.3, -0.25) is 4.79 Å². The predicted molar refractivity (Wildman–Crippen MR) is 73.5 cm³/mol. The molecule has 0 saturated carbocycles. The molecule has 1 aromatic rings. The Morgan fingerprint density at radius 1 is 1.33 bits per heavy atom. The number of aliphatic hydroxyl groups excluding tert-OH is 1. The van der Waals surface area contributed by atoms with E-state index < -0.39 is 5.54 Å². The van der Waals surface area contributed by atoms with Gasteiger partial charge in [-0.05, 0) is 43.9 Å². The van der Waals surface area contributed by atoms with Crippen LogP contribution < -0.4 is 5.32 Å². The molecule has 2 N–H and O–H groups in total. The lowest BCUT2D eigenvalue weighted by Crippen LogP contribution is -2.48. The second kappa shape index (κ2) is 6.01. The van der Waals surface area contributed by atoms with Crippen LogP contribution in [0.2, 0.25) is 0 Å². The topological polar surface area (TPSA) is 49.3 Å². The zero-order chi connectivity index (χ0) is 13.8. The van der Waals surface area contributed by atoms with E-state index in [0.29, 0.717) is 12.8 Å². The van der Waals surface area contributed by atoms with Crippen molar-refractivity contribution >= 4 is 5.91 Å². The molecule has 18 heavy (non-hydrogen) atoms. The highest BCUT2D eigenvalue weighted by molar-refractivity contribution is 5.79. The van der Waals surface area contributed by atoms with Gasteiger partial charge in [0.25, 0.3) is 0 Å². The van der Waals surface area contributed by atoms with E-state index in [9.17, 15) is 9.90 Å². The monoisotopic (exact) mass is 249 g/mol. The van der Waals surface area contributed by atoms with Crippen molar-refractivity contribution in [1.82, 2.24) is 5.32 Å². The lowest BCUT2D eigenvalue weighted by molar-refractivity contribution is -0.122. The van der Waals surface area contributed by atoms with Crippen molar-refractivity contribution in [3.05, 3.63) is 34.9 Å². The molecule has 0 aromatic heterocycles. The number of benzene rings is 1. The minimum Gasteiger partial charge on any atom is -0.394 e. The average molecular weight is 249 g/mol. The van der Waals surface area contributed by atoms with Crippen molar-refractivity contribution in [2.45, 2.75) is 46.1 Å². The van der Waals surface area contributed by atoms with Crippen LogP contribution in [0.4, 0.5) is 0 Å². The van der Waals surface area contributed by atoms with Crippen LogP contribution in [0.15, 0.2) is 18.2 Å². The highest BCUT2D eigenvalue weighted by Gasteiger charge is 2.22. The maximum absolute atomic E-state index is 11.9. The molecule has 0 aliphatic carbocycles. The first-order valence-corrected chi connectivity index (χ1v) is 6.38. The van der Waals surface area contributed by atoms with Gasteiger partial charge in [-0.2, -0.15) is 0 Å². The Kier molecular flexibility index (Phi) is 4.91. The summed E-state index contributed by atoms with van der Waals surface area (Å²) < 4.78 is 0. The number of hydrogen-bond acceptors (Lipinski definition) is 2. The average Bonchev–Trinajstić information content (AvgIpc) is 2.33. The second-order valence-corrected chi connectivity index (χ2v) is 5.22. The molecule has 1 unspecified atom stereocenters. The normalized spacial score (nSPS) is 14.1. The number of amides is 1. The number of hydrogen-bond donors (Lipinski definition) is 2. The summed E-state index contributed by atoms with van der Waals surface area (Å²) in [5.41, 5.74) is 2.91. The van der Waals surface area contributed by atoms with Gasteiger partial charge < -0.3 is 10.4 Å². The smallest absolute Gasteiger partial charge is 0.224 e. The lowest BCUT2D eigenvalue weighted by atomic mass is 9.99. The molecule has 1 amide bonds. The number of aryl methyl sites for hydroxylation is 2. The van der Waals surface area contributed by atoms with Crippen LogP contribution in [-0.2, 0) is 11.2 Å². The fraction of sp³-hybridized carbons (Fsp3) is 0.533. The number of carbonyl (C=O) groups is 1. The van der Waals surface area contributed by atoms with Crippen molar-refractivity contribution in [2.75, 3.05) is 6.61 Å². The van der Waals surface area contributed by atoms with Gasteiger partial charge in [0.2, 0.25) is 5.91 Å². The molecule has 0 heterocycles. The van der Waals surface area contributed by atoms with Crippen LogP contribution in [0.3, 0.4) is 0 Å². The molecule has 0 bridgehead atoms. The minimum absolute atomic E-state index is 0.0395. The van der Waals surface area contributed by atoms with E-state index in [-0.39, 0.29) is 12.5 Å². The summed E-state index contributed by atoms with van der Waals surface area (Å²) in [6.07, 6.45) is 1.07. The maximum Gasteiger partial charge on any atom is 0.224 e. The van der Waals surface area contributed by atoms with Crippen LogP contribution in [-0.4, -0.2) is 23.2 Å². The molecule has 0 aliphatic heterocycles. The zero-order valence-electron chi connectivity index (χ0n) is 11.7. The molecule has 0 spiro atoms. The van der Waals surface area contributed by atoms with Crippen LogP contribution >= 0.6 is 0 Å². The molecule has 3 heteroatoms. The fourth-order valence-corrected chi connectivity index (χ4v) is 1.72. The van der Waals surface area contributed by atoms with Gasteiger partial charge in [0, 0.05) is 0 Å². The zero-order valence-corrected chi connectivity index (χ0v) is 11.7. The van der Waals surface area contributed by atoms with Gasteiger partial charge in [0.1, 0.15) is 0 Å². The third-order valence-electron chi connectivity index (χ3n) is 3.51. The molecule has 1 rings (SSSR count). The van der Waals surface area contributed by atoms with Crippen molar-refractivity contribution in [1.29, 1.82) is 0 Å². The standard InChI is InChI=1S/C15H23NO2/c1-5-15(4,10-17)16-14(18)9-13-7-6-11(2)12(3)8-13/h6-8,17H,5,9-10H2,1-4H3,(H,16,18). The third-order valence-corrected chi connectivity index (χ3v) is 3.51. The summed E-state index contributed by atoms with van der Waals surface area (Å²) in [6.45, 7) is 7.86. The quantitative estimate of drug-likeness (QED) is 0.840. The van der Waals surface area contributed by atoms with Crippen molar-refractivity contribution in [3.8, 4) is 0 Å². The lowest BCUT2D eigenvalue weighted by Gasteiger charge is -2.27. The summed E-state index contributed by atoms with van der Waals surface area (Å²) in [4.78, 5) is 11.9. The van der Waals surface area contributed by atoms with E-state index in [1.54, 1.807) is 0 Å². The van der Waals surface area contributed by atoms with E-state index in [4.69, 9.17) is 0 Å². The van der Waals surface area contributed by atoms with Gasteiger partial charge >= 0.3 is 0 Å². The molecule has 3 nitrogen and oxygen atoms in total. The Morgan fingerprint density at radius 2 is 2.00 bits per heavy atom. The maximum atomic E-state index is 11.9. The van der Waals surface area contributed by atoms with Crippen LogP contribution in [0.25, 0.3) is 0 Å². The Balaban J connectivity index is 2.67. The van der Waals surface area contributed by atoms with Crippen molar-refractivity contribution < 1.29 is 9.90 Å². The largest absolute Gasteiger partial charge is 0.394 e. The number of nitrogens with one attached hydrogen (secondary N) is 1. The Bertz CT molecular complexity index is 423. The molecule has 0 fully saturated rings. The highest BCUT2D eigenvalue weighted by atomic mass is 16.3. The SMILES string of the molecule is CCC(C)(CO)NC(=O)Cc1ccc(C)c(C)c1. The van der Waals surface area contributed by atoms with E-state index in [1.807, 2.05) is 39.0 Å². The van der Waals surface area contributed by atoms with Crippen LogP contribution in [0.1, 0.15) is 37.0 Å². The number of rotatable bonds is 5. The molecular formula is C15H23NO2.